The Morgan fingerprint density at radius 3 is 1.89 bits per heavy atom. The van der Waals surface area contributed by atoms with Gasteiger partial charge in [0.25, 0.3) is 0 Å². The van der Waals surface area contributed by atoms with Crippen LogP contribution in [0.4, 0.5) is 0 Å². The Bertz CT molecular complexity index is 1200. The lowest BCUT2D eigenvalue weighted by Gasteiger charge is -2.16. The van der Waals surface area contributed by atoms with Crippen LogP contribution in [0.25, 0.3) is 33.3 Å². The number of pyridine rings is 1. The van der Waals surface area contributed by atoms with Crippen LogP contribution in [-0.4, -0.2) is 27.1 Å². The third-order valence-electron chi connectivity index (χ3n) is 4.56. The van der Waals surface area contributed by atoms with Crippen molar-refractivity contribution in [2.45, 2.75) is 0 Å². The average molecular weight is 369 g/mol. The monoisotopic (exact) mass is 369 g/mol. The van der Waals surface area contributed by atoms with Crippen molar-refractivity contribution in [1.82, 2.24) is 4.98 Å². The lowest BCUT2D eigenvalue weighted by molar-refractivity contribution is 0.0685. The minimum atomic E-state index is -1.13. The van der Waals surface area contributed by atoms with E-state index in [1.54, 1.807) is 6.07 Å². The molecular weight excluding hydrogens is 354 g/mol. The highest BCUT2D eigenvalue weighted by atomic mass is 16.4. The first-order valence-corrected chi connectivity index (χ1v) is 8.61. The molecule has 0 unspecified atom stereocenters. The highest BCUT2D eigenvalue weighted by Gasteiger charge is 2.23. The zero-order valence-corrected chi connectivity index (χ0v) is 14.7. The fourth-order valence-corrected chi connectivity index (χ4v) is 3.31. The number of carboxylic acid groups (broad SMARTS) is 2. The molecule has 1 heterocycles. The number of carbonyl (C=O) groups is 2. The predicted octanol–water partition coefficient (Wildman–Crippen LogP) is 4.97. The van der Waals surface area contributed by atoms with Gasteiger partial charge in [-0.15, -0.1) is 0 Å². The van der Waals surface area contributed by atoms with Gasteiger partial charge in [0.15, 0.2) is 0 Å². The molecule has 136 valence electrons. The lowest BCUT2D eigenvalue weighted by atomic mass is 9.91. The number of aromatic carboxylic acids is 2. The second-order valence-corrected chi connectivity index (χ2v) is 6.28. The summed E-state index contributed by atoms with van der Waals surface area (Å²) < 4.78 is 0. The van der Waals surface area contributed by atoms with Crippen molar-refractivity contribution < 1.29 is 19.8 Å². The largest absolute Gasteiger partial charge is 0.478 e. The van der Waals surface area contributed by atoms with Gasteiger partial charge in [-0.25, -0.2) is 14.6 Å². The van der Waals surface area contributed by atoms with E-state index in [0.29, 0.717) is 27.7 Å². The number of benzene rings is 3. The first-order chi connectivity index (χ1) is 13.6. The fourth-order valence-electron chi connectivity index (χ4n) is 3.31. The van der Waals surface area contributed by atoms with Crippen molar-refractivity contribution in [2.24, 2.45) is 0 Å². The minimum absolute atomic E-state index is 0.0169. The summed E-state index contributed by atoms with van der Waals surface area (Å²) in [4.78, 5) is 28.4. The number of hydrogen-bond acceptors (Lipinski definition) is 3. The molecule has 0 saturated carbocycles. The van der Waals surface area contributed by atoms with Gasteiger partial charge in [0, 0.05) is 16.5 Å². The molecule has 1 aromatic heterocycles. The van der Waals surface area contributed by atoms with Crippen molar-refractivity contribution in [3.63, 3.8) is 0 Å². The Hall–Kier alpha value is -3.99. The third-order valence-corrected chi connectivity index (χ3v) is 4.56. The molecule has 5 nitrogen and oxygen atoms in total. The zero-order chi connectivity index (χ0) is 19.7. The van der Waals surface area contributed by atoms with Crippen molar-refractivity contribution in [3.05, 3.63) is 90.0 Å². The van der Waals surface area contributed by atoms with E-state index in [1.807, 2.05) is 60.7 Å². The van der Waals surface area contributed by atoms with E-state index in [1.165, 1.54) is 12.1 Å². The van der Waals surface area contributed by atoms with E-state index < -0.39 is 11.9 Å². The second kappa shape index (κ2) is 6.96. The predicted molar refractivity (Wildman–Crippen MR) is 107 cm³/mol. The van der Waals surface area contributed by atoms with E-state index in [2.05, 4.69) is 0 Å². The molecule has 0 aliphatic rings. The maximum absolute atomic E-state index is 12.3. The summed E-state index contributed by atoms with van der Waals surface area (Å²) in [5, 5.41) is 19.7. The molecule has 0 atom stereocenters. The molecule has 3 aromatic carbocycles. The van der Waals surface area contributed by atoms with Gasteiger partial charge in [-0.1, -0.05) is 60.7 Å². The van der Waals surface area contributed by atoms with Crippen LogP contribution in [0.15, 0.2) is 78.9 Å². The highest BCUT2D eigenvalue weighted by molar-refractivity contribution is 6.12. The van der Waals surface area contributed by atoms with Crippen LogP contribution < -0.4 is 0 Å². The van der Waals surface area contributed by atoms with Gasteiger partial charge >= 0.3 is 11.9 Å². The molecular formula is C23H15NO4. The summed E-state index contributed by atoms with van der Waals surface area (Å²) in [6.45, 7) is 0. The van der Waals surface area contributed by atoms with Crippen LogP contribution in [-0.2, 0) is 0 Å². The molecule has 4 aromatic rings. The highest BCUT2D eigenvalue weighted by Crippen LogP contribution is 2.37. The molecule has 0 amide bonds. The zero-order valence-electron chi connectivity index (χ0n) is 14.7. The lowest BCUT2D eigenvalue weighted by Crippen LogP contribution is -2.06. The number of hydrogen-bond donors (Lipinski definition) is 2. The molecule has 5 heteroatoms. The molecule has 0 bridgehead atoms. The van der Waals surface area contributed by atoms with E-state index in [-0.39, 0.29) is 11.1 Å². The first-order valence-electron chi connectivity index (χ1n) is 8.61. The molecule has 0 saturated heterocycles. The van der Waals surface area contributed by atoms with Gasteiger partial charge in [-0.2, -0.15) is 0 Å². The van der Waals surface area contributed by atoms with E-state index in [4.69, 9.17) is 4.98 Å². The number of rotatable bonds is 4. The number of nitrogens with zero attached hydrogens (tertiary/aromatic N) is 1. The fraction of sp³-hybridized carbons (Fsp3) is 0. The van der Waals surface area contributed by atoms with Crippen LogP contribution >= 0.6 is 0 Å². The van der Waals surface area contributed by atoms with Gasteiger partial charge in [0.1, 0.15) is 0 Å². The van der Waals surface area contributed by atoms with Gasteiger partial charge in [-0.3, -0.25) is 0 Å². The van der Waals surface area contributed by atoms with Gasteiger partial charge in [0.05, 0.1) is 22.3 Å². The summed E-state index contributed by atoms with van der Waals surface area (Å²) in [7, 11) is 0. The molecule has 4 rings (SSSR count). The van der Waals surface area contributed by atoms with Gasteiger partial charge in [0.2, 0.25) is 0 Å². The number of aromatic nitrogens is 1. The maximum atomic E-state index is 12.3. The van der Waals surface area contributed by atoms with Crippen LogP contribution in [0.3, 0.4) is 0 Å². The Labute approximate surface area is 160 Å². The van der Waals surface area contributed by atoms with Crippen molar-refractivity contribution >= 4 is 22.8 Å². The topological polar surface area (TPSA) is 87.5 Å². The van der Waals surface area contributed by atoms with Crippen molar-refractivity contribution in [3.8, 4) is 22.4 Å². The minimum Gasteiger partial charge on any atom is -0.478 e. The van der Waals surface area contributed by atoms with E-state index in [9.17, 15) is 19.8 Å². The number of carboxylic acids is 2. The first kappa shape index (κ1) is 17.4. The smallest absolute Gasteiger partial charge is 0.337 e. The van der Waals surface area contributed by atoms with E-state index in [0.717, 1.165) is 5.56 Å². The molecule has 28 heavy (non-hydrogen) atoms. The summed E-state index contributed by atoms with van der Waals surface area (Å²) in [6.07, 6.45) is 0. The van der Waals surface area contributed by atoms with Crippen LogP contribution in [0, 0.1) is 0 Å². The summed E-state index contributed by atoms with van der Waals surface area (Å²) >= 11 is 0. The molecule has 0 aliphatic carbocycles. The molecule has 0 radical (unpaired) electrons. The quantitative estimate of drug-likeness (QED) is 0.530. The molecule has 2 N–H and O–H groups in total. The van der Waals surface area contributed by atoms with Crippen LogP contribution in [0.5, 0.6) is 0 Å². The Balaban J connectivity index is 2.18. The standard InChI is InChI=1S/C23H15NO4/c25-22(26)16-11-12-18-17(13-16)20(23(27)28)19(14-7-3-1-4-8-14)21(24-18)15-9-5-2-6-10-15/h1-13H,(H,25,26)(H,27,28). The van der Waals surface area contributed by atoms with Gasteiger partial charge in [-0.05, 0) is 23.8 Å². The maximum Gasteiger partial charge on any atom is 0.337 e. The SMILES string of the molecule is O=C(O)c1ccc2nc(-c3ccccc3)c(-c3ccccc3)c(C(=O)O)c2c1. The normalized spacial score (nSPS) is 10.7. The molecule has 0 spiro atoms. The Morgan fingerprint density at radius 2 is 1.32 bits per heavy atom. The molecule has 0 fully saturated rings. The van der Waals surface area contributed by atoms with Crippen LogP contribution in [0.1, 0.15) is 20.7 Å². The van der Waals surface area contributed by atoms with E-state index >= 15 is 0 Å². The van der Waals surface area contributed by atoms with Crippen molar-refractivity contribution in [1.29, 1.82) is 0 Å². The summed E-state index contributed by atoms with van der Waals surface area (Å²) in [5.41, 5.74) is 2.98. The van der Waals surface area contributed by atoms with Gasteiger partial charge < -0.3 is 10.2 Å². The summed E-state index contributed by atoms with van der Waals surface area (Å²) in [5.74, 6) is -2.25. The average Bonchev–Trinajstić information content (AvgIpc) is 2.73. The molecule has 0 aliphatic heterocycles. The number of fused-ring (bicyclic) bond motifs is 1. The summed E-state index contributed by atoms with van der Waals surface area (Å²) in [6, 6.07) is 22.9. The van der Waals surface area contributed by atoms with Crippen molar-refractivity contribution in [2.75, 3.05) is 0 Å². The van der Waals surface area contributed by atoms with Crippen LogP contribution in [0.2, 0.25) is 0 Å². The Morgan fingerprint density at radius 1 is 0.714 bits per heavy atom. The second-order valence-electron chi connectivity index (χ2n) is 6.28. The third kappa shape index (κ3) is 2.99. The Kier molecular flexibility index (Phi) is 4.33.